The minimum Gasteiger partial charge on any atom is -0.354 e. The molecule has 2 aromatic carbocycles. The van der Waals surface area contributed by atoms with Crippen molar-refractivity contribution in [3.63, 3.8) is 0 Å². The van der Waals surface area contributed by atoms with Gasteiger partial charge in [0.2, 0.25) is 23.6 Å². The maximum atomic E-state index is 13.9. The number of likely N-dealkylation sites (tertiary alicyclic amines) is 1. The van der Waals surface area contributed by atoms with Gasteiger partial charge in [-0.2, -0.15) is 0 Å². The van der Waals surface area contributed by atoms with Crippen LogP contribution in [-0.4, -0.2) is 52.6 Å². The van der Waals surface area contributed by atoms with Gasteiger partial charge < -0.3 is 10.2 Å². The zero-order chi connectivity index (χ0) is 27.8. The van der Waals surface area contributed by atoms with E-state index in [9.17, 15) is 19.2 Å². The van der Waals surface area contributed by atoms with Crippen LogP contribution in [0.1, 0.15) is 50.2 Å². The highest BCUT2D eigenvalue weighted by molar-refractivity contribution is 9.10. The molecule has 1 heterocycles. The first-order chi connectivity index (χ1) is 18.9. The second-order valence-corrected chi connectivity index (χ2v) is 11.2. The number of imide groups is 1. The highest BCUT2D eigenvalue weighted by Crippen LogP contribution is 2.35. The molecule has 2 aromatic rings. The van der Waals surface area contributed by atoms with Crippen LogP contribution in [0.4, 0.5) is 0 Å². The molecule has 1 saturated heterocycles. The number of unbranched alkanes of at least 4 members (excludes halogenated alkanes) is 1. The molecule has 4 rings (SSSR count). The molecule has 1 aliphatic carbocycles. The van der Waals surface area contributed by atoms with Crippen LogP contribution < -0.4 is 5.32 Å². The Morgan fingerprint density at radius 2 is 1.67 bits per heavy atom. The lowest BCUT2D eigenvalue weighted by atomic mass is 9.85. The van der Waals surface area contributed by atoms with Crippen LogP contribution >= 0.6 is 15.9 Å². The number of allylic oxidation sites excluding steroid dienone is 2. The first-order valence-corrected chi connectivity index (χ1v) is 14.5. The molecule has 0 aromatic heterocycles. The number of fused-ring (bicyclic) bond motifs is 1. The Hall–Kier alpha value is -3.26. The van der Waals surface area contributed by atoms with Gasteiger partial charge in [-0.1, -0.05) is 83.9 Å². The topological polar surface area (TPSA) is 86.8 Å². The largest absolute Gasteiger partial charge is 0.354 e. The Labute approximate surface area is 238 Å². The van der Waals surface area contributed by atoms with Crippen LogP contribution in [0.5, 0.6) is 0 Å². The lowest BCUT2D eigenvalue weighted by molar-refractivity contribution is -0.144. The Morgan fingerprint density at radius 1 is 1.00 bits per heavy atom. The van der Waals surface area contributed by atoms with Crippen LogP contribution in [0.2, 0.25) is 0 Å². The quantitative estimate of drug-likeness (QED) is 0.220. The van der Waals surface area contributed by atoms with E-state index in [1.165, 1.54) is 4.90 Å². The fourth-order valence-electron chi connectivity index (χ4n) is 5.33. The molecule has 1 fully saturated rings. The number of benzene rings is 2. The van der Waals surface area contributed by atoms with Crippen LogP contribution in [0, 0.1) is 11.8 Å². The maximum Gasteiger partial charge on any atom is 0.243 e. The number of nitrogens with one attached hydrogen (secondary N) is 1. The van der Waals surface area contributed by atoms with Gasteiger partial charge in [0, 0.05) is 36.9 Å². The SMILES string of the molecule is CCCCNC(=O)[C@H](Cc1ccccc1)N(Cc1cccc(Br)c1)C(=O)CCN1C(=O)[C@H]2CC=CC[C@H]2C1=O. The lowest BCUT2D eigenvalue weighted by Crippen LogP contribution is -2.51. The molecule has 7 nitrogen and oxygen atoms in total. The highest BCUT2D eigenvalue weighted by atomic mass is 79.9. The van der Waals surface area contributed by atoms with E-state index in [0.29, 0.717) is 25.8 Å². The molecule has 0 saturated carbocycles. The fourth-order valence-corrected chi connectivity index (χ4v) is 5.78. The molecule has 0 spiro atoms. The van der Waals surface area contributed by atoms with Crippen LogP contribution in [0.3, 0.4) is 0 Å². The molecule has 206 valence electrons. The fraction of sp³-hybridized carbons (Fsp3) is 0.419. The Morgan fingerprint density at radius 3 is 2.31 bits per heavy atom. The van der Waals surface area contributed by atoms with E-state index in [4.69, 9.17) is 0 Å². The average Bonchev–Trinajstić information content (AvgIpc) is 3.19. The van der Waals surface area contributed by atoms with Crippen molar-refractivity contribution in [3.05, 3.63) is 82.3 Å². The standard InChI is InChI=1S/C31H36BrN3O4/c1-2-3-17-33-29(37)27(20-22-10-5-4-6-11-22)35(21-23-12-9-13-24(32)19-23)28(36)16-18-34-30(38)25-14-7-8-15-26(25)31(34)39/h4-13,19,25-27H,2-3,14-18,20-21H2,1H3,(H,33,37)/t25-,26+,27-/m0/s1. The number of hydrogen-bond donors (Lipinski definition) is 1. The summed E-state index contributed by atoms with van der Waals surface area (Å²) < 4.78 is 0.879. The molecule has 1 aliphatic heterocycles. The summed E-state index contributed by atoms with van der Waals surface area (Å²) in [6.45, 7) is 2.85. The van der Waals surface area contributed by atoms with Gasteiger partial charge in [0.1, 0.15) is 6.04 Å². The predicted octanol–water partition coefficient (Wildman–Crippen LogP) is 4.65. The summed E-state index contributed by atoms with van der Waals surface area (Å²) in [5.74, 6) is -1.52. The zero-order valence-corrected chi connectivity index (χ0v) is 23.9. The molecule has 0 radical (unpaired) electrons. The van der Waals surface area contributed by atoms with Gasteiger partial charge in [-0.25, -0.2) is 0 Å². The third-order valence-electron chi connectivity index (χ3n) is 7.49. The molecule has 1 N–H and O–H groups in total. The van der Waals surface area contributed by atoms with E-state index in [-0.39, 0.29) is 55.0 Å². The van der Waals surface area contributed by atoms with Crippen molar-refractivity contribution in [1.82, 2.24) is 15.1 Å². The monoisotopic (exact) mass is 593 g/mol. The number of carbonyl (C=O) groups excluding carboxylic acids is 4. The summed E-state index contributed by atoms with van der Waals surface area (Å²) in [6.07, 6.45) is 7.14. The highest BCUT2D eigenvalue weighted by Gasteiger charge is 2.47. The van der Waals surface area contributed by atoms with Crippen molar-refractivity contribution in [3.8, 4) is 0 Å². The second-order valence-electron chi connectivity index (χ2n) is 10.2. The first-order valence-electron chi connectivity index (χ1n) is 13.7. The average molecular weight is 595 g/mol. The van der Waals surface area contributed by atoms with Gasteiger partial charge in [-0.05, 0) is 42.5 Å². The van der Waals surface area contributed by atoms with Crippen LogP contribution in [0.25, 0.3) is 0 Å². The zero-order valence-electron chi connectivity index (χ0n) is 22.4. The number of amides is 4. The molecule has 0 unspecified atom stereocenters. The molecular formula is C31H36BrN3O4. The molecule has 3 atom stereocenters. The summed E-state index contributed by atoms with van der Waals surface area (Å²) >= 11 is 3.50. The van der Waals surface area contributed by atoms with Crippen molar-refractivity contribution in [2.24, 2.45) is 11.8 Å². The summed E-state index contributed by atoms with van der Waals surface area (Å²) in [7, 11) is 0. The van der Waals surface area contributed by atoms with E-state index in [1.807, 2.05) is 66.7 Å². The molecular weight excluding hydrogens is 558 g/mol. The summed E-state index contributed by atoms with van der Waals surface area (Å²) in [5, 5.41) is 3.01. The van der Waals surface area contributed by atoms with Crippen LogP contribution in [-0.2, 0) is 32.1 Å². The molecule has 4 amide bonds. The number of nitrogens with zero attached hydrogens (tertiary/aromatic N) is 2. The minimum absolute atomic E-state index is 0.0218. The number of hydrogen-bond acceptors (Lipinski definition) is 4. The Kier molecular flexibility index (Phi) is 10.1. The maximum absolute atomic E-state index is 13.9. The predicted molar refractivity (Wildman–Crippen MR) is 153 cm³/mol. The summed E-state index contributed by atoms with van der Waals surface area (Å²) in [5.41, 5.74) is 1.82. The molecule has 8 heteroatoms. The van der Waals surface area contributed by atoms with Crippen molar-refractivity contribution in [2.45, 2.75) is 58.0 Å². The van der Waals surface area contributed by atoms with Gasteiger partial charge >= 0.3 is 0 Å². The van der Waals surface area contributed by atoms with Crippen molar-refractivity contribution in [2.75, 3.05) is 13.1 Å². The van der Waals surface area contributed by atoms with Gasteiger partial charge in [0.25, 0.3) is 0 Å². The number of halogens is 1. The van der Waals surface area contributed by atoms with Crippen LogP contribution in [0.15, 0.2) is 71.2 Å². The van der Waals surface area contributed by atoms with E-state index < -0.39 is 6.04 Å². The molecule has 0 bridgehead atoms. The van der Waals surface area contributed by atoms with Crippen molar-refractivity contribution >= 4 is 39.6 Å². The summed E-state index contributed by atoms with van der Waals surface area (Å²) in [6, 6.07) is 16.6. The third-order valence-corrected chi connectivity index (χ3v) is 7.98. The van der Waals surface area contributed by atoms with E-state index in [1.54, 1.807) is 4.90 Å². The van der Waals surface area contributed by atoms with E-state index >= 15 is 0 Å². The smallest absolute Gasteiger partial charge is 0.243 e. The number of carbonyl (C=O) groups is 4. The Balaban J connectivity index is 1.57. The van der Waals surface area contributed by atoms with Gasteiger partial charge in [-0.15, -0.1) is 0 Å². The lowest BCUT2D eigenvalue weighted by Gasteiger charge is -2.32. The number of rotatable bonds is 12. The minimum atomic E-state index is -0.743. The van der Waals surface area contributed by atoms with Gasteiger partial charge in [0.05, 0.1) is 11.8 Å². The van der Waals surface area contributed by atoms with Crippen molar-refractivity contribution < 1.29 is 19.2 Å². The summed E-state index contributed by atoms with van der Waals surface area (Å²) in [4.78, 5) is 56.2. The van der Waals surface area contributed by atoms with Crippen molar-refractivity contribution in [1.29, 1.82) is 0 Å². The first kappa shape index (κ1) is 28.7. The van der Waals surface area contributed by atoms with E-state index in [2.05, 4.69) is 28.2 Å². The Bertz CT molecular complexity index is 1190. The normalized spacial score (nSPS) is 19.1. The van der Waals surface area contributed by atoms with Gasteiger partial charge in [0.15, 0.2) is 0 Å². The van der Waals surface area contributed by atoms with E-state index in [0.717, 1.165) is 28.4 Å². The molecule has 2 aliphatic rings. The molecule has 39 heavy (non-hydrogen) atoms. The second kappa shape index (κ2) is 13.7. The van der Waals surface area contributed by atoms with Gasteiger partial charge in [-0.3, -0.25) is 24.1 Å². The third kappa shape index (κ3) is 7.24.